The predicted octanol–water partition coefficient (Wildman–Crippen LogP) is 4.78. The average molecular weight is 554 g/mol. The molecule has 2 aromatic carbocycles. The Bertz CT molecular complexity index is 1640. The van der Waals surface area contributed by atoms with Crippen molar-refractivity contribution in [1.29, 1.82) is 0 Å². The third-order valence-electron chi connectivity index (χ3n) is 6.88. The van der Waals surface area contributed by atoms with Crippen LogP contribution in [0.25, 0.3) is 16.6 Å². The van der Waals surface area contributed by atoms with Gasteiger partial charge in [0.2, 0.25) is 5.91 Å². The minimum atomic E-state index is -4.72. The number of nitrogens with one attached hydrogen (secondary N) is 2. The van der Waals surface area contributed by atoms with Crippen LogP contribution in [0.1, 0.15) is 33.6 Å². The molecule has 0 bridgehead atoms. The maximum Gasteiger partial charge on any atom is 0.417 e. The Morgan fingerprint density at radius 1 is 1.23 bits per heavy atom. The number of carbonyl (C=O) groups excluding carboxylic acids is 2. The van der Waals surface area contributed by atoms with Crippen LogP contribution < -0.4 is 15.4 Å². The fourth-order valence-corrected chi connectivity index (χ4v) is 5.83. The lowest BCUT2D eigenvalue weighted by atomic mass is 9.93. The Labute approximate surface area is 224 Å². The quantitative estimate of drug-likeness (QED) is 0.378. The molecule has 200 valence electrons. The molecule has 1 aliphatic carbocycles. The molecular formula is C27H22F3N5O3S. The van der Waals surface area contributed by atoms with Crippen molar-refractivity contribution in [3.8, 4) is 11.4 Å². The summed E-state index contributed by atoms with van der Waals surface area (Å²) in [7, 11) is 1.59. The molecule has 2 aromatic heterocycles. The molecular weight excluding hydrogens is 531 g/mol. The summed E-state index contributed by atoms with van der Waals surface area (Å²) in [6.45, 7) is 0. The lowest BCUT2D eigenvalue weighted by molar-refractivity contribution is -0.138. The van der Waals surface area contributed by atoms with Gasteiger partial charge in [-0.15, -0.1) is 11.8 Å². The number of carbonyl (C=O) groups is 2. The van der Waals surface area contributed by atoms with Crippen molar-refractivity contribution < 1.29 is 27.5 Å². The fourth-order valence-electron chi connectivity index (χ4n) is 5.00. The fraction of sp³-hybridized carbons (Fsp3) is 0.259. The highest BCUT2D eigenvalue weighted by Gasteiger charge is 2.37. The third-order valence-corrected chi connectivity index (χ3v) is 7.94. The number of anilines is 1. The van der Waals surface area contributed by atoms with E-state index in [1.54, 1.807) is 18.0 Å². The van der Waals surface area contributed by atoms with E-state index in [0.717, 1.165) is 51.7 Å². The van der Waals surface area contributed by atoms with Gasteiger partial charge in [0.15, 0.2) is 0 Å². The number of rotatable bonds is 4. The van der Waals surface area contributed by atoms with E-state index in [0.29, 0.717) is 25.0 Å². The summed E-state index contributed by atoms with van der Waals surface area (Å²) in [6.07, 6.45) is 0.370. The van der Waals surface area contributed by atoms with Gasteiger partial charge in [0.25, 0.3) is 5.91 Å². The van der Waals surface area contributed by atoms with Crippen LogP contribution >= 0.6 is 11.8 Å². The number of aryl methyl sites for hydroxylation is 1. The maximum atomic E-state index is 13.9. The number of alkyl halides is 3. The molecule has 1 aliphatic heterocycles. The van der Waals surface area contributed by atoms with Crippen molar-refractivity contribution in [2.75, 3.05) is 18.2 Å². The number of halogens is 3. The van der Waals surface area contributed by atoms with E-state index in [2.05, 4.69) is 15.6 Å². The highest BCUT2D eigenvalue weighted by Crippen LogP contribution is 2.40. The van der Waals surface area contributed by atoms with Gasteiger partial charge in [-0.25, -0.2) is 4.68 Å². The number of fused-ring (bicyclic) bond motifs is 3. The van der Waals surface area contributed by atoms with Crippen LogP contribution in [-0.4, -0.2) is 45.5 Å². The van der Waals surface area contributed by atoms with Crippen LogP contribution in [0.2, 0.25) is 0 Å². The van der Waals surface area contributed by atoms with Gasteiger partial charge in [0, 0.05) is 28.7 Å². The molecule has 39 heavy (non-hydrogen) atoms. The van der Waals surface area contributed by atoms with Gasteiger partial charge in [-0.3, -0.25) is 14.6 Å². The number of aromatic nitrogens is 3. The number of thioether (sulfide) groups is 1. The first kappa shape index (κ1) is 25.2. The number of hydrogen-bond donors (Lipinski definition) is 2. The molecule has 2 aliphatic rings. The van der Waals surface area contributed by atoms with Crippen molar-refractivity contribution in [3.63, 3.8) is 0 Å². The largest absolute Gasteiger partial charge is 0.497 e. The molecule has 1 unspecified atom stereocenters. The van der Waals surface area contributed by atoms with Gasteiger partial charge < -0.3 is 15.4 Å². The zero-order chi connectivity index (χ0) is 27.3. The summed E-state index contributed by atoms with van der Waals surface area (Å²) in [5.74, 6) is -0.439. The first-order chi connectivity index (χ1) is 18.7. The minimum absolute atomic E-state index is 0.0246. The Balaban J connectivity index is 1.26. The Morgan fingerprint density at radius 2 is 2.08 bits per heavy atom. The van der Waals surface area contributed by atoms with Crippen LogP contribution in [0.3, 0.4) is 0 Å². The van der Waals surface area contributed by atoms with E-state index in [1.807, 2.05) is 30.5 Å². The Kier molecular flexibility index (Phi) is 6.21. The molecule has 0 saturated heterocycles. The minimum Gasteiger partial charge on any atom is -0.497 e. The standard InChI is InChI=1S/C27H22F3N5O3S/c1-38-16-3-5-21-18(9-16)23(6-7-31-21)35-12-14-8-15(2-4-20(14)34-35)32-26(37)17-10-22-24(39-13-25(36)33-22)11-19(17)27(28,29)30/h3,5-7,9-12,15H,2,4,8,13H2,1H3,(H,32,37)(H,33,36). The molecule has 1 atom stereocenters. The highest BCUT2D eigenvalue weighted by molar-refractivity contribution is 8.00. The normalized spacial score (nSPS) is 16.8. The maximum absolute atomic E-state index is 13.9. The smallest absolute Gasteiger partial charge is 0.417 e. The SMILES string of the molecule is COc1ccc2nccc(-n3cc4c(n3)CCC(NC(=O)c3cc5c(cc3C(F)(F)F)SCC(=O)N5)C4)c2c1. The van der Waals surface area contributed by atoms with Crippen LogP contribution in [0.5, 0.6) is 5.75 Å². The predicted molar refractivity (Wildman–Crippen MR) is 139 cm³/mol. The van der Waals surface area contributed by atoms with Crippen LogP contribution in [0.4, 0.5) is 18.9 Å². The molecule has 12 heteroatoms. The van der Waals surface area contributed by atoms with Crippen molar-refractivity contribution in [3.05, 3.63) is 71.2 Å². The number of pyridine rings is 1. The number of benzene rings is 2. The first-order valence-corrected chi connectivity index (χ1v) is 13.2. The molecule has 0 spiro atoms. The molecule has 4 aromatic rings. The second kappa shape index (κ2) is 9.60. The summed E-state index contributed by atoms with van der Waals surface area (Å²) < 4.78 is 48.7. The van der Waals surface area contributed by atoms with Crippen LogP contribution in [0, 0.1) is 0 Å². The Hall–Kier alpha value is -4.06. The average Bonchev–Trinajstić information content (AvgIpc) is 3.34. The van der Waals surface area contributed by atoms with E-state index in [-0.39, 0.29) is 28.3 Å². The van der Waals surface area contributed by atoms with Gasteiger partial charge in [-0.1, -0.05) is 0 Å². The Morgan fingerprint density at radius 3 is 2.87 bits per heavy atom. The summed E-state index contributed by atoms with van der Waals surface area (Å²) >= 11 is 1.01. The number of methoxy groups -OCH3 is 1. The van der Waals surface area contributed by atoms with Gasteiger partial charge in [0.1, 0.15) is 5.75 Å². The topological polar surface area (TPSA) is 98.1 Å². The highest BCUT2D eigenvalue weighted by atomic mass is 32.2. The molecule has 6 rings (SSSR count). The molecule has 0 radical (unpaired) electrons. The summed E-state index contributed by atoms with van der Waals surface area (Å²) in [5.41, 5.74) is 2.06. The molecule has 0 saturated carbocycles. The molecule has 8 nitrogen and oxygen atoms in total. The zero-order valence-corrected chi connectivity index (χ0v) is 21.4. The van der Waals surface area contributed by atoms with Gasteiger partial charge >= 0.3 is 6.18 Å². The number of hydrogen-bond acceptors (Lipinski definition) is 6. The van der Waals surface area contributed by atoms with Crippen molar-refractivity contribution in [1.82, 2.24) is 20.1 Å². The molecule has 2 amide bonds. The van der Waals surface area contributed by atoms with Gasteiger partial charge in [-0.2, -0.15) is 18.3 Å². The first-order valence-electron chi connectivity index (χ1n) is 12.2. The zero-order valence-electron chi connectivity index (χ0n) is 20.6. The van der Waals surface area contributed by atoms with E-state index in [1.165, 1.54) is 0 Å². The van der Waals surface area contributed by atoms with E-state index in [4.69, 9.17) is 9.84 Å². The summed E-state index contributed by atoms with van der Waals surface area (Å²) in [6, 6.07) is 9.12. The van der Waals surface area contributed by atoms with E-state index >= 15 is 0 Å². The van der Waals surface area contributed by atoms with Gasteiger partial charge in [0.05, 0.1) is 46.6 Å². The second-order valence-electron chi connectivity index (χ2n) is 9.40. The number of ether oxygens (including phenoxy) is 1. The third kappa shape index (κ3) is 4.80. The summed E-state index contributed by atoms with van der Waals surface area (Å²) in [4.78, 5) is 29.6. The molecule has 3 heterocycles. The number of nitrogens with zero attached hydrogens (tertiary/aromatic N) is 3. The molecule has 0 fully saturated rings. The van der Waals surface area contributed by atoms with Crippen LogP contribution in [-0.2, 0) is 23.8 Å². The lowest BCUT2D eigenvalue weighted by Crippen LogP contribution is -2.39. The summed E-state index contributed by atoms with van der Waals surface area (Å²) in [5, 5.41) is 10.9. The lowest BCUT2D eigenvalue weighted by Gasteiger charge is -2.25. The monoisotopic (exact) mass is 553 g/mol. The van der Waals surface area contributed by atoms with Crippen LogP contribution in [0.15, 0.2) is 53.7 Å². The van der Waals surface area contributed by atoms with E-state index in [9.17, 15) is 22.8 Å². The van der Waals surface area contributed by atoms with Crippen molar-refractivity contribution >= 4 is 40.2 Å². The van der Waals surface area contributed by atoms with Crippen molar-refractivity contribution in [2.45, 2.75) is 36.4 Å². The number of amides is 2. The van der Waals surface area contributed by atoms with E-state index < -0.39 is 23.2 Å². The second-order valence-corrected chi connectivity index (χ2v) is 10.4. The van der Waals surface area contributed by atoms with Gasteiger partial charge in [-0.05, 0) is 61.2 Å². The molecule has 2 N–H and O–H groups in total. The van der Waals surface area contributed by atoms with Crippen molar-refractivity contribution in [2.24, 2.45) is 0 Å².